The van der Waals surface area contributed by atoms with Gasteiger partial charge >= 0.3 is 0 Å². The zero-order chi connectivity index (χ0) is 16.5. The summed E-state index contributed by atoms with van der Waals surface area (Å²) < 4.78 is 0. The molecule has 0 fully saturated rings. The molecular weight excluding hydrogens is 286 g/mol. The van der Waals surface area contributed by atoms with Crippen molar-refractivity contribution in [2.45, 2.75) is 45.4 Å². The van der Waals surface area contributed by atoms with Crippen LogP contribution in [0.1, 0.15) is 44.2 Å². The van der Waals surface area contributed by atoms with Crippen molar-refractivity contribution in [3.63, 3.8) is 0 Å². The Balaban J connectivity index is 1.78. The lowest BCUT2D eigenvalue weighted by molar-refractivity contribution is 0.405. The van der Waals surface area contributed by atoms with Gasteiger partial charge in [0.15, 0.2) is 0 Å². The molecule has 0 bridgehead atoms. The largest absolute Gasteiger partial charge is 0.370 e. The van der Waals surface area contributed by atoms with Crippen LogP contribution in [-0.2, 0) is 0 Å². The summed E-state index contributed by atoms with van der Waals surface area (Å²) in [6.45, 7) is 4.93. The van der Waals surface area contributed by atoms with Crippen LogP contribution < -0.4 is 10.6 Å². The maximum absolute atomic E-state index is 4.57. The molecule has 0 radical (unpaired) electrons. The highest BCUT2D eigenvalue weighted by Gasteiger charge is 2.05. The third-order valence-electron chi connectivity index (χ3n) is 4.06. The summed E-state index contributed by atoms with van der Waals surface area (Å²) in [6, 6.07) is 2.01. The Hall–Kier alpha value is -1.62. The molecule has 0 aromatic carbocycles. The number of rotatable bonds is 9. The number of nitrogens with zero attached hydrogens (tertiary/aromatic N) is 3. The highest BCUT2D eigenvalue weighted by Crippen LogP contribution is 2.20. The first-order chi connectivity index (χ1) is 11.1. The lowest BCUT2D eigenvalue weighted by Gasteiger charge is -2.14. The minimum Gasteiger partial charge on any atom is -0.370 e. The van der Waals surface area contributed by atoms with Crippen LogP contribution in [0.2, 0.25) is 0 Å². The predicted octanol–water partition coefficient (Wildman–Crippen LogP) is 3.45. The Bertz CT molecular complexity index is 510. The average molecular weight is 317 g/mol. The van der Waals surface area contributed by atoms with Crippen LogP contribution >= 0.6 is 0 Å². The summed E-state index contributed by atoms with van der Waals surface area (Å²) in [5, 5.41) is 6.76. The van der Waals surface area contributed by atoms with Crippen molar-refractivity contribution >= 4 is 11.8 Å². The van der Waals surface area contributed by atoms with Crippen LogP contribution in [0.3, 0.4) is 0 Å². The van der Waals surface area contributed by atoms with Gasteiger partial charge in [0.2, 0.25) is 5.95 Å². The third kappa shape index (κ3) is 6.99. The Morgan fingerprint density at radius 1 is 1.13 bits per heavy atom. The topological polar surface area (TPSA) is 53.1 Å². The molecule has 5 nitrogen and oxygen atoms in total. The molecular formula is C18H31N5. The minimum atomic E-state index is 0.725. The van der Waals surface area contributed by atoms with E-state index in [0.717, 1.165) is 49.9 Å². The summed E-state index contributed by atoms with van der Waals surface area (Å²) >= 11 is 0. The van der Waals surface area contributed by atoms with E-state index in [2.05, 4.69) is 45.7 Å². The van der Waals surface area contributed by atoms with E-state index in [9.17, 15) is 0 Å². The SMILES string of the molecule is Cc1cc(NCCC2=CCCCC2)nc(NCCCN(C)C)n1. The van der Waals surface area contributed by atoms with E-state index < -0.39 is 0 Å². The summed E-state index contributed by atoms with van der Waals surface area (Å²) in [7, 11) is 4.18. The molecule has 0 unspecified atom stereocenters. The first-order valence-corrected chi connectivity index (χ1v) is 8.79. The summed E-state index contributed by atoms with van der Waals surface area (Å²) in [5.41, 5.74) is 2.59. The van der Waals surface area contributed by atoms with Crippen molar-refractivity contribution in [2.24, 2.45) is 0 Å². The molecule has 23 heavy (non-hydrogen) atoms. The maximum atomic E-state index is 4.57. The average Bonchev–Trinajstić information content (AvgIpc) is 2.52. The second-order valence-corrected chi connectivity index (χ2v) is 6.59. The molecule has 1 aliphatic rings. The summed E-state index contributed by atoms with van der Waals surface area (Å²) in [6.07, 6.45) is 9.83. The fourth-order valence-electron chi connectivity index (χ4n) is 2.82. The molecule has 1 heterocycles. The Morgan fingerprint density at radius 3 is 2.74 bits per heavy atom. The monoisotopic (exact) mass is 317 g/mol. The predicted molar refractivity (Wildman–Crippen MR) is 98.1 cm³/mol. The van der Waals surface area contributed by atoms with Gasteiger partial charge in [0, 0.05) is 24.8 Å². The quantitative estimate of drug-likeness (QED) is 0.540. The van der Waals surface area contributed by atoms with E-state index >= 15 is 0 Å². The van der Waals surface area contributed by atoms with E-state index in [4.69, 9.17) is 0 Å². The molecule has 0 saturated carbocycles. The van der Waals surface area contributed by atoms with Crippen molar-refractivity contribution < 1.29 is 0 Å². The van der Waals surface area contributed by atoms with E-state index in [1.165, 1.54) is 25.7 Å². The van der Waals surface area contributed by atoms with Gasteiger partial charge in [-0.05, 0) is 66.1 Å². The van der Waals surface area contributed by atoms with Gasteiger partial charge in [-0.15, -0.1) is 0 Å². The summed E-state index contributed by atoms with van der Waals surface area (Å²) in [4.78, 5) is 11.2. The molecule has 0 amide bonds. The number of aromatic nitrogens is 2. The molecule has 1 aromatic heterocycles. The maximum Gasteiger partial charge on any atom is 0.224 e. The molecule has 1 aliphatic carbocycles. The highest BCUT2D eigenvalue weighted by molar-refractivity contribution is 5.42. The molecule has 5 heteroatoms. The Labute approximate surface area is 140 Å². The van der Waals surface area contributed by atoms with Gasteiger partial charge in [0.25, 0.3) is 0 Å². The van der Waals surface area contributed by atoms with Gasteiger partial charge in [-0.25, -0.2) is 4.98 Å². The third-order valence-corrected chi connectivity index (χ3v) is 4.06. The minimum absolute atomic E-state index is 0.725. The lowest BCUT2D eigenvalue weighted by Crippen LogP contribution is -2.17. The summed E-state index contributed by atoms with van der Waals surface area (Å²) in [5.74, 6) is 1.65. The van der Waals surface area contributed by atoms with Crippen molar-refractivity contribution in [3.8, 4) is 0 Å². The lowest BCUT2D eigenvalue weighted by atomic mass is 9.97. The van der Waals surface area contributed by atoms with Crippen LogP contribution in [0.15, 0.2) is 17.7 Å². The van der Waals surface area contributed by atoms with E-state index in [1.54, 1.807) is 5.57 Å². The zero-order valence-electron chi connectivity index (χ0n) is 14.9. The highest BCUT2D eigenvalue weighted by atomic mass is 15.1. The number of anilines is 2. The van der Waals surface area contributed by atoms with Crippen molar-refractivity contribution in [1.82, 2.24) is 14.9 Å². The van der Waals surface area contributed by atoms with E-state index in [0.29, 0.717) is 0 Å². The van der Waals surface area contributed by atoms with Crippen LogP contribution in [-0.4, -0.2) is 48.6 Å². The van der Waals surface area contributed by atoms with Gasteiger partial charge in [-0.2, -0.15) is 4.98 Å². The number of hydrogen-bond acceptors (Lipinski definition) is 5. The van der Waals surface area contributed by atoms with Crippen molar-refractivity contribution in [1.29, 1.82) is 0 Å². The molecule has 0 atom stereocenters. The number of nitrogens with one attached hydrogen (secondary N) is 2. The van der Waals surface area contributed by atoms with Crippen LogP contribution in [0, 0.1) is 6.92 Å². The second-order valence-electron chi connectivity index (χ2n) is 6.59. The van der Waals surface area contributed by atoms with Crippen LogP contribution in [0.5, 0.6) is 0 Å². The van der Waals surface area contributed by atoms with E-state index in [1.807, 2.05) is 13.0 Å². The second kappa shape index (κ2) is 9.50. The smallest absolute Gasteiger partial charge is 0.224 e. The van der Waals surface area contributed by atoms with Crippen molar-refractivity contribution in [2.75, 3.05) is 44.4 Å². The Morgan fingerprint density at radius 2 is 2.00 bits per heavy atom. The van der Waals surface area contributed by atoms with Crippen LogP contribution in [0.25, 0.3) is 0 Å². The van der Waals surface area contributed by atoms with Gasteiger partial charge in [0.1, 0.15) is 5.82 Å². The molecule has 128 valence electrons. The molecule has 0 aliphatic heterocycles. The van der Waals surface area contributed by atoms with Gasteiger partial charge in [-0.1, -0.05) is 11.6 Å². The normalized spacial score (nSPS) is 14.7. The molecule has 0 spiro atoms. The first kappa shape index (κ1) is 17.7. The van der Waals surface area contributed by atoms with E-state index in [-0.39, 0.29) is 0 Å². The molecule has 2 N–H and O–H groups in total. The van der Waals surface area contributed by atoms with Crippen molar-refractivity contribution in [3.05, 3.63) is 23.4 Å². The zero-order valence-corrected chi connectivity index (χ0v) is 14.9. The van der Waals surface area contributed by atoms with Gasteiger partial charge in [-0.3, -0.25) is 0 Å². The fourth-order valence-corrected chi connectivity index (χ4v) is 2.82. The first-order valence-electron chi connectivity index (χ1n) is 8.79. The Kier molecular flexibility index (Phi) is 7.33. The molecule has 2 rings (SSSR count). The molecule has 0 saturated heterocycles. The fraction of sp³-hybridized carbons (Fsp3) is 0.667. The number of allylic oxidation sites excluding steroid dienone is 1. The number of aryl methyl sites for hydroxylation is 1. The van der Waals surface area contributed by atoms with Gasteiger partial charge < -0.3 is 15.5 Å². The molecule has 1 aromatic rings. The van der Waals surface area contributed by atoms with Crippen LogP contribution in [0.4, 0.5) is 11.8 Å². The van der Waals surface area contributed by atoms with Gasteiger partial charge in [0.05, 0.1) is 0 Å². The number of hydrogen-bond donors (Lipinski definition) is 2. The standard InChI is InChI=1S/C18H31N5/c1-15-14-17(19-12-10-16-8-5-4-6-9-16)22-18(21-15)20-11-7-13-23(2)3/h8,14H,4-7,9-13H2,1-3H3,(H2,19,20,21,22).